The van der Waals surface area contributed by atoms with Gasteiger partial charge in [-0.25, -0.2) is 10.4 Å². The van der Waals surface area contributed by atoms with E-state index in [9.17, 15) is 9.59 Å². The second kappa shape index (κ2) is 8.65. The highest BCUT2D eigenvalue weighted by molar-refractivity contribution is 6.32. The van der Waals surface area contributed by atoms with Crippen molar-refractivity contribution < 1.29 is 19.1 Å². The molecule has 0 aliphatic heterocycles. The number of ether oxygens (including phenoxy) is 2. The number of nitrogens with two attached hydrogens (primary N) is 1. The predicted octanol–water partition coefficient (Wildman–Crippen LogP) is 1.37. The van der Waals surface area contributed by atoms with Crippen LogP contribution in [0.15, 0.2) is 41.6 Å². The van der Waals surface area contributed by atoms with Gasteiger partial charge in [0.15, 0.2) is 18.1 Å². The topological polar surface area (TPSA) is 116 Å². The van der Waals surface area contributed by atoms with Gasteiger partial charge in [-0.3, -0.25) is 9.59 Å². The molecule has 8 nitrogen and oxygen atoms in total. The van der Waals surface area contributed by atoms with Gasteiger partial charge in [-0.05, 0) is 35.9 Å². The van der Waals surface area contributed by atoms with Gasteiger partial charge >= 0.3 is 0 Å². The van der Waals surface area contributed by atoms with Crippen molar-refractivity contribution in [2.24, 2.45) is 10.8 Å². The van der Waals surface area contributed by atoms with E-state index in [4.69, 9.17) is 26.8 Å². The fourth-order valence-electron chi connectivity index (χ4n) is 1.81. The van der Waals surface area contributed by atoms with Gasteiger partial charge in [0.05, 0.1) is 18.9 Å². The number of rotatable bonds is 7. The van der Waals surface area contributed by atoms with Crippen LogP contribution in [0.5, 0.6) is 11.5 Å². The quantitative estimate of drug-likeness (QED) is 0.438. The molecule has 9 heteroatoms. The Bertz CT molecular complexity index is 810. The molecular formula is C16H15ClN4O4. The number of hydrogen-bond acceptors (Lipinski definition) is 6. The lowest BCUT2D eigenvalue weighted by atomic mass is 10.2. The van der Waals surface area contributed by atoms with Crippen LogP contribution in [0.25, 0.3) is 0 Å². The lowest BCUT2D eigenvalue weighted by molar-refractivity contribution is -0.119. The van der Waals surface area contributed by atoms with Gasteiger partial charge in [-0.2, -0.15) is 5.10 Å². The number of benzene rings is 1. The normalized spacial score (nSPS) is 10.5. The van der Waals surface area contributed by atoms with Gasteiger partial charge < -0.3 is 15.2 Å². The van der Waals surface area contributed by atoms with Crippen LogP contribution < -0.4 is 20.6 Å². The maximum atomic E-state index is 11.9. The first-order valence-corrected chi connectivity index (χ1v) is 7.42. The van der Waals surface area contributed by atoms with E-state index in [1.807, 2.05) is 0 Å². The number of halogens is 1. The van der Waals surface area contributed by atoms with E-state index in [0.717, 1.165) is 0 Å². The van der Waals surface area contributed by atoms with Gasteiger partial charge in [-0.15, -0.1) is 0 Å². The summed E-state index contributed by atoms with van der Waals surface area (Å²) < 4.78 is 10.4. The molecule has 1 heterocycles. The molecule has 2 rings (SSSR count). The third-order valence-electron chi connectivity index (χ3n) is 2.94. The molecular weight excluding hydrogens is 348 g/mol. The second-order valence-corrected chi connectivity index (χ2v) is 5.06. The standard InChI is InChI=1S/C16H15ClN4O4/c1-24-13-7-10(4-5-12(13)25-9-14(18)22)8-20-21-16(23)11-3-2-6-19-15(11)17/h2-8H,9H2,1H3,(H2,18,22)(H,21,23)/b20-8+. The van der Waals surface area contributed by atoms with Crippen LogP contribution in [0.2, 0.25) is 5.15 Å². The third-order valence-corrected chi connectivity index (χ3v) is 3.24. The molecule has 2 amide bonds. The molecule has 2 aromatic rings. The number of primary amides is 1. The van der Waals surface area contributed by atoms with Crippen molar-refractivity contribution in [3.63, 3.8) is 0 Å². The van der Waals surface area contributed by atoms with E-state index in [1.165, 1.54) is 25.6 Å². The van der Waals surface area contributed by atoms with Crippen LogP contribution >= 0.6 is 11.6 Å². The van der Waals surface area contributed by atoms with Gasteiger partial charge in [0.25, 0.3) is 11.8 Å². The van der Waals surface area contributed by atoms with Crippen molar-refractivity contribution in [2.75, 3.05) is 13.7 Å². The second-order valence-electron chi connectivity index (χ2n) is 4.71. The SMILES string of the molecule is COc1cc(/C=N/NC(=O)c2cccnc2Cl)ccc1OCC(N)=O. The number of nitrogens with zero attached hydrogens (tertiary/aromatic N) is 2. The molecule has 3 N–H and O–H groups in total. The van der Waals surface area contributed by atoms with E-state index >= 15 is 0 Å². The average Bonchev–Trinajstić information content (AvgIpc) is 2.60. The monoisotopic (exact) mass is 362 g/mol. The summed E-state index contributed by atoms with van der Waals surface area (Å²) in [5.41, 5.74) is 8.24. The number of hydrazone groups is 1. The number of hydrogen-bond donors (Lipinski definition) is 2. The average molecular weight is 363 g/mol. The van der Waals surface area contributed by atoms with Crippen molar-refractivity contribution in [1.82, 2.24) is 10.4 Å². The minimum absolute atomic E-state index is 0.0906. The molecule has 1 aromatic heterocycles. The Morgan fingerprint density at radius 3 is 2.84 bits per heavy atom. The van der Waals surface area contributed by atoms with E-state index < -0.39 is 11.8 Å². The van der Waals surface area contributed by atoms with Crippen molar-refractivity contribution in [3.8, 4) is 11.5 Å². The van der Waals surface area contributed by atoms with Crippen LogP contribution in [0.3, 0.4) is 0 Å². The van der Waals surface area contributed by atoms with Crippen LogP contribution in [-0.4, -0.2) is 36.7 Å². The largest absolute Gasteiger partial charge is 0.493 e. The number of aromatic nitrogens is 1. The van der Waals surface area contributed by atoms with E-state index in [2.05, 4.69) is 15.5 Å². The zero-order valence-corrected chi connectivity index (χ0v) is 14.0. The summed E-state index contributed by atoms with van der Waals surface area (Å²) in [6, 6.07) is 8.03. The van der Waals surface area contributed by atoms with Crippen molar-refractivity contribution >= 4 is 29.6 Å². The highest BCUT2D eigenvalue weighted by atomic mass is 35.5. The molecule has 0 atom stereocenters. The molecule has 0 bridgehead atoms. The Morgan fingerprint density at radius 1 is 1.36 bits per heavy atom. The minimum Gasteiger partial charge on any atom is -0.493 e. The summed E-state index contributed by atoms with van der Waals surface area (Å²) in [6.07, 6.45) is 2.90. The highest BCUT2D eigenvalue weighted by Crippen LogP contribution is 2.27. The number of amides is 2. The summed E-state index contributed by atoms with van der Waals surface area (Å²) in [6.45, 7) is -0.258. The zero-order chi connectivity index (χ0) is 18.2. The van der Waals surface area contributed by atoms with E-state index in [0.29, 0.717) is 17.1 Å². The van der Waals surface area contributed by atoms with Gasteiger partial charge in [-0.1, -0.05) is 11.6 Å². The Hall–Kier alpha value is -3.13. The summed E-state index contributed by atoms with van der Waals surface area (Å²) >= 11 is 5.84. The lowest BCUT2D eigenvalue weighted by Crippen LogP contribution is -2.20. The van der Waals surface area contributed by atoms with Crippen LogP contribution in [0.1, 0.15) is 15.9 Å². The molecule has 25 heavy (non-hydrogen) atoms. The first kappa shape index (κ1) is 18.2. The van der Waals surface area contributed by atoms with Crippen molar-refractivity contribution in [1.29, 1.82) is 0 Å². The highest BCUT2D eigenvalue weighted by Gasteiger charge is 2.09. The van der Waals surface area contributed by atoms with Gasteiger partial charge in [0, 0.05) is 6.20 Å². The molecule has 1 aromatic carbocycles. The molecule has 0 fully saturated rings. The lowest BCUT2D eigenvalue weighted by Gasteiger charge is -2.09. The molecule has 0 spiro atoms. The third kappa shape index (κ3) is 5.18. The van der Waals surface area contributed by atoms with Crippen molar-refractivity contribution in [3.05, 3.63) is 52.8 Å². The number of pyridine rings is 1. The van der Waals surface area contributed by atoms with E-state index in [-0.39, 0.29) is 17.3 Å². The van der Waals surface area contributed by atoms with Crippen LogP contribution in [-0.2, 0) is 4.79 Å². The molecule has 0 saturated carbocycles. The number of methoxy groups -OCH3 is 1. The summed E-state index contributed by atoms with van der Waals surface area (Å²) in [5.74, 6) is -0.316. The smallest absolute Gasteiger partial charge is 0.274 e. The molecule has 130 valence electrons. The molecule has 0 aliphatic rings. The van der Waals surface area contributed by atoms with Crippen molar-refractivity contribution in [2.45, 2.75) is 0 Å². The number of nitrogens with one attached hydrogen (secondary N) is 1. The Morgan fingerprint density at radius 2 is 2.16 bits per heavy atom. The van der Waals surface area contributed by atoms with E-state index in [1.54, 1.807) is 24.3 Å². The fraction of sp³-hybridized carbons (Fsp3) is 0.125. The number of carbonyl (C=O) groups excluding carboxylic acids is 2. The maximum Gasteiger partial charge on any atom is 0.274 e. The summed E-state index contributed by atoms with van der Waals surface area (Å²) in [5, 5.41) is 3.95. The first-order chi connectivity index (χ1) is 12.0. The zero-order valence-electron chi connectivity index (χ0n) is 13.2. The Balaban J connectivity index is 2.04. The number of carbonyl (C=O) groups is 2. The molecule has 0 unspecified atom stereocenters. The Labute approximate surface area is 148 Å². The Kier molecular flexibility index (Phi) is 6.30. The predicted molar refractivity (Wildman–Crippen MR) is 92.0 cm³/mol. The summed E-state index contributed by atoms with van der Waals surface area (Å²) in [7, 11) is 1.46. The maximum absolute atomic E-state index is 11.9. The van der Waals surface area contributed by atoms with Gasteiger partial charge in [0.1, 0.15) is 5.15 Å². The molecule has 0 radical (unpaired) electrons. The first-order valence-electron chi connectivity index (χ1n) is 7.04. The fourth-order valence-corrected chi connectivity index (χ4v) is 2.02. The van der Waals surface area contributed by atoms with Gasteiger partial charge in [0.2, 0.25) is 0 Å². The van der Waals surface area contributed by atoms with Crippen LogP contribution in [0, 0.1) is 0 Å². The van der Waals surface area contributed by atoms with Crippen LogP contribution in [0.4, 0.5) is 0 Å². The molecule has 0 aliphatic carbocycles. The minimum atomic E-state index is -0.593. The molecule has 0 saturated heterocycles. The summed E-state index contributed by atoms with van der Waals surface area (Å²) in [4.78, 5) is 26.5.